The van der Waals surface area contributed by atoms with E-state index in [0.717, 1.165) is 32.0 Å². The SMILES string of the molecule is COCCn1ccnc1[C@H]1CN(Cc2nccs2)Cc2ccccc21. The summed E-state index contributed by atoms with van der Waals surface area (Å²) in [5, 5.41) is 3.21. The van der Waals surface area contributed by atoms with Gasteiger partial charge in [0.25, 0.3) is 0 Å². The molecule has 3 heterocycles. The van der Waals surface area contributed by atoms with Crippen molar-refractivity contribution in [2.24, 2.45) is 0 Å². The zero-order chi connectivity index (χ0) is 17.1. The average molecular weight is 354 g/mol. The second kappa shape index (κ2) is 7.47. The highest BCUT2D eigenvalue weighted by molar-refractivity contribution is 7.09. The summed E-state index contributed by atoms with van der Waals surface area (Å²) in [6.45, 7) is 4.34. The molecular formula is C19H22N4OS. The van der Waals surface area contributed by atoms with Crippen LogP contribution >= 0.6 is 11.3 Å². The van der Waals surface area contributed by atoms with Gasteiger partial charge in [-0.05, 0) is 11.1 Å². The molecule has 0 bridgehead atoms. The Hall–Kier alpha value is -2.02. The fraction of sp³-hybridized carbons (Fsp3) is 0.368. The first-order valence-electron chi connectivity index (χ1n) is 8.53. The Kier molecular flexibility index (Phi) is 4.92. The normalized spacial score (nSPS) is 17.6. The number of hydrogen-bond donors (Lipinski definition) is 0. The van der Waals surface area contributed by atoms with Crippen LogP contribution in [-0.4, -0.2) is 39.7 Å². The van der Waals surface area contributed by atoms with Gasteiger partial charge in [-0.3, -0.25) is 4.90 Å². The van der Waals surface area contributed by atoms with Gasteiger partial charge >= 0.3 is 0 Å². The van der Waals surface area contributed by atoms with Crippen LogP contribution in [0.4, 0.5) is 0 Å². The predicted molar refractivity (Wildman–Crippen MR) is 98.6 cm³/mol. The Morgan fingerprint density at radius 1 is 1.24 bits per heavy atom. The number of fused-ring (bicyclic) bond motifs is 1. The molecule has 0 N–H and O–H groups in total. The number of nitrogens with zero attached hydrogens (tertiary/aromatic N) is 4. The lowest BCUT2D eigenvalue weighted by Crippen LogP contribution is -2.35. The first kappa shape index (κ1) is 16.4. The molecule has 130 valence electrons. The van der Waals surface area contributed by atoms with E-state index in [1.165, 1.54) is 16.1 Å². The van der Waals surface area contributed by atoms with Gasteiger partial charge in [0, 0.05) is 50.7 Å². The van der Waals surface area contributed by atoms with E-state index in [-0.39, 0.29) is 5.92 Å². The minimum absolute atomic E-state index is 0.275. The fourth-order valence-electron chi connectivity index (χ4n) is 3.55. The molecule has 0 unspecified atom stereocenters. The summed E-state index contributed by atoms with van der Waals surface area (Å²) in [5.41, 5.74) is 2.78. The molecule has 0 saturated carbocycles. The highest BCUT2D eigenvalue weighted by atomic mass is 32.1. The van der Waals surface area contributed by atoms with Crippen molar-refractivity contribution in [2.75, 3.05) is 20.3 Å². The Morgan fingerprint density at radius 3 is 3.00 bits per heavy atom. The summed E-state index contributed by atoms with van der Waals surface area (Å²) in [4.78, 5) is 11.6. The average Bonchev–Trinajstić information content (AvgIpc) is 3.31. The quantitative estimate of drug-likeness (QED) is 0.682. The van der Waals surface area contributed by atoms with E-state index in [9.17, 15) is 0 Å². The molecule has 0 fully saturated rings. The van der Waals surface area contributed by atoms with Crippen molar-refractivity contribution in [2.45, 2.75) is 25.6 Å². The molecule has 0 spiro atoms. The number of methoxy groups -OCH3 is 1. The monoisotopic (exact) mass is 354 g/mol. The lowest BCUT2D eigenvalue weighted by atomic mass is 9.89. The Balaban J connectivity index is 1.64. The minimum atomic E-state index is 0.275. The summed E-state index contributed by atoms with van der Waals surface area (Å²) in [6.07, 6.45) is 5.83. The van der Waals surface area contributed by atoms with Crippen LogP contribution in [0.3, 0.4) is 0 Å². The third-order valence-corrected chi connectivity index (χ3v) is 5.47. The Bertz CT molecular complexity index is 814. The number of ether oxygens (including phenoxy) is 1. The van der Waals surface area contributed by atoms with Crippen molar-refractivity contribution in [1.29, 1.82) is 0 Å². The van der Waals surface area contributed by atoms with Crippen LogP contribution in [-0.2, 0) is 24.4 Å². The van der Waals surface area contributed by atoms with E-state index in [2.05, 4.69) is 44.9 Å². The molecule has 0 aliphatic carbocycles. The van der Waals surface area contributed by atoms with Crippen LogP contribution in [0.15, 0.2) is 48.2 Å². The molecule has 3 aromatic rings. The van der Waals surface area contributed by atoms with Gasteiger partial charge in [-0.1, -0.05) is 24.3 Å². The lowest BCUT2D eigenvalue weighted by molar-refractivity contribution is 0.184. The van der Waals surface area contributed by atoms with E-state index in [4.69, 9.17) is 9.72 Å². The van der Waals surface area contributed by atoms with Gasteiger partial charge in [0.15, 0.2) is 0 Å². The molecule has 4 rings (SSSR count). The summed E-state index contributed by atoms with van der Waals surface area (Å²) in [6, 6.07) is 8.74. The molecule has 0 amide bonds. The van der Waals surface area contributed by atoms with E-state index < -0.39 is 0 Å². The van der Waals surface area contributed by atoms with E-state index >= 15 is 0 Å². The van der Waals surface area contributed by atoms with Crippen LogP contribution in [0.1, 0.15) is 27.9 Å². The van der Waals surface area contributed by atoms with Crippen LogP contribution in [0.5, 0.6) is 0 Å². The van der Waals surface area contributed by atoms with Crippen LogP contribution in [0, 0.1) is 0 Å². The third kappa shape index (κ3) is 3.51. The minimum Gasteiger partial charge on any atom is -0.383 e. The van der Waals surface area contributed by atoms with E-state index in [1.807, 2.05) is 17.8 Å². The van der Waals surface area contributed by atoms with E-state index in [1.54, 1.807) is 18.4 Å². The number of rotatable bonds is 6. The van der Waals surface area contributed by atoms with Crippen LogP contribution < -0.4 is 0 Å². The maximum absolute atomic E-state index is 5.25. The lowest BCUT2D eigenvalue weighted by Gasteiger charge is -2.34. The molecule has 0 radical (unpaired) electrons. The van der Waals surface area contributed by atoms with Crippen molar-refractivity contribution in [1.82, 2.24) is 19.4 Å². The molecular weight excluding hydrogens is 332 g/mol. The number of thiazole rings is 1. The number of benzene rings is 1. The molecule has 1 aromatic carbocycles. The summed E-state index contributed by atoms with van der Waals surface area (Å²) < 4.78 is 7.47. The summed E-state index contributed by atoms with van der Waals surface area (Å²) in [7, 11) is 1.74. The molecule has 5 nitrogen and oxygen atoms in total. The van der Waals surface area contributed by atoms with Gasteiger partial charge in [0.2, 0.25) is 0 Å². The van der Waals surface area contributed by atoms with Gasteiger partial charge in [-0.15, -0.1) is 11.3 Å². The van der Waals surface area contributed by atoms with Gasteiger partial charge in [-0.2, -0.15) is 0 Å². The van der Waals surface area contributed by atoms with Crippen molar-refractivity contribution in [3.63, 3.8) is 0 Å². The van der Waals surface area contributed by atoms with E-state index in [0.29, 0.717) is 6.61 Å². The van der Waals surface area contributed by atoms with Crippen molar-refractivity contribution in [3.8, 4) is 0 Å². The van der Waals surface area contributed by atoms with Gasteiger partial charge in [-0.25, -0.2) is 9.97 Å². The molecule has 2 aromatic heterocycles. The molecule has 1 aliphatic rings. The molecule has 25 heavy (non-hydrogen) atoms. The first-order valence-corrected chi connectivity index (χ1v) is 9.41. The second-order valence-electron chi connectivity index (χ2n) is 6.32. The first-order chi connectivity index (χ1) is 12.3. The van der Waals surface area contributed by atoms with Crippen molar-refractivity contribution in [3.05, 3.63) is 70.2 Å². The molecule has 6 heteroatoms. The predicted octanol–water partition coefficient (Wildman–Crippen LogP) is 3.13. The summed E-state index contributed by atoms with van der Waals surface area (Å²) in [5.74, 6) is 1.39. The number of aromatic nitrogens is 3. The van der Waals surface area contributed by atoms with Gasteiger partial charge < -0.3 is 9.30 Å². The Morgan fingerprint density at radius 2 is 2.16 bits per heavy atom. The fourth-order valence-corrected chi connectivity index (χ4v) is 4.21. The largest absolute Gasteiger partial charge is 0.383 e. The standard InChI is InChI=1S/C19H22N4OS/c1-24-10-9-23-8-6-21-19(23)17-13-22(14-18-20-7-11-25-18)12-15-4-2-3-5-16(15)17/h2-8,11,17H,9-10,12-14H2,1H3/t17-/m0/s1. The van der Waals surface area contributed by atoms with Crippen molar-refractivity contribution < 1.29 is 4.74 Å². The Labute approximate surface area is 151 Å². The molecule has 1 aliphatic heterocycles. The third-order valence-electron chi connectivity index (χ3n) is 4.70. The zero-order valence-corrected chi connectivity index (χ0v) is 15.2. The topological polar surface area (TPSA) is 43.2 Å². The summed E-state index contributed by atoms with van der Waals surface area (Å²) >= 11 is 1.72. The number of imidazole rings is 1. The molecule has 0 saturated heterocycles. The smallest absolute Gasteiger partial charge is 0.117 e. The highest BCUT2D eigenvalue weighted by Crippen LogP contribution is 2.33. The van der Waals surface area contributed by atoms with Crippen LogP contribution in [0.2, 0.25) is 0 Å². The zero-order valence-electron chi connectivity index (χ0n) is 14.3. The molecule has 1 atom stereocenters. The highest BCUT2D eigenvalue weighted by Gasteiger charge is 2.29. The van der Waals surface area contributed by atoms with Gasteiger partial charge in [0.1, 0.15) is 10.8 Å². The maximum atomic E-state index is 5.25. The van der Waals surface area contributed by atoms with Crippen LogP contribution in [0.25, 0.3) is 0 Å². The number of hydrogen-bond acceptors (Lipinski definition) is 5. The second-order valence-corrected chi connectivity index (χ2v) is 7.30. The van der Waals surface area contributed by atoms with Crippen molar-refractivity contribution >= 4 is 11.3 Å². The van der Waals surface area contributed by atoms with Gasteiger partial charge in [0.05, 0.1) is 19.1 Å². The maximum Gasteiger partial charge on any atom is 0.117 e.